The molecule has 0 aliphatic carbocycles. The summed E-state index contributed by atoms with van der Waals surface area (Å²) < 4.78 is 30.4. The van der Waals surface area contributed by atoms with Crippen LogP contribution in [-0.4, -0.2) is 54.0 Å². The number of hydrogen-bond donors (Lipinski definition) is 3. The van der Waals surface area contributed by atoms with Crippen LogP contribution in [0, 0.1) is 0 Å². The van der Waals surface area contributed by atoms with Gasteiger partial charge in [0.25, 0.3) is 10.1 Å². The van der Waals surface area contributed by atoms with E-state index in [-0.39, 0.29) is 18.9 Å². The van der Waals surface area contributed by atoms with E-state index in [1.165, 1.54) is 0 Å². The molecular formula is C8H6LiO7S. The fourth-order valence-electron chi connectivity index (χ4n) is 1.05. The van der Waals surface area contributed by atoms with E-state index in [4.69, 9.17) is 14.8 Å². The summed E-state index contributed by atoms with van der Waals surface area (Å²) in [5.74, 6) is -3.01. The molecule has 7 nitrogen and oxygen atoms in total. The normalized spacial score (nSPS) is 10.4. The van der Waals surface area contributed by atoms with Crippen LogP contribution < -0.4 is 0 Å². The van der Waals surface area contributed by atoms with E-state index in [0.29, 0.717) is 6.07 Å². The van der Waals surface area contributed by atoms with Crippen LogP contribution in [-0.2, 0) is 10.1 Å². The van der Waals surface area contributed by atoms with Gasteiger partial charge in [-0.25, -0.2) is 9.59 Å². The van der Waals surface area contributed by atoms with Crippen LogP contribution in [0.25, 0.3) is 0 Å². The van der Waals surface area contributed by atoms with Gasteiger partial charge >= 0.3 is 11.9 Å². The molecular weight excluding hydrogens is 247 g/mol. The molecule has 0 unspecified atom stereocenters. The molecule has 1 rings (SSSR count). The molecule has 0 spiro atoms. The zero-order valence-corrected chi connectivity index (χ0v) is 9.43. The van der Waals surface area contributed by atoms with E-state index in [0.717, 1.165) is 12.1 Å². The number of aromatic carboxylic acids is 2. The maximum Gasteiger partial charge on any atom is 0.337 e. The van der Waals surface area contributed by atoms with E-state index in [9.17, 15) is 18.0 Å². The summed E-state index contributed by atoms with van der Waals surface area (Å²) in [4.78, 5) is 20.2. The summed E-state index contributed by atoms with van der Waals surface area (Å²) in [6.45, 7) is 0. The zero-order chi connectivity index (χ0) is 12.5. The Morgan fingerprint density at radius 2 is 1.59 bits per heavy atom. The summed E-state index contributed by atoms with van der Waals surface area (Å²) in [6, 6.07) is 2.32. The van der Waals surface area contributed by atoms with E-state index < -0.39 is 38.1 Å². The molecule has 17 heavy (non-hydrogen) atoms. The van der Waals surface area contributed by atoms with Crippen LogP contribution in [0.3, 0.4) is 0 Å². The molecule has 0 amide bonds. The fraction of sp³-hybridized carbons (Fsp3) is 0. The van der Waals surface area contributed by atoms with Gasteiger partial charge in [-0.15, -0.1) is 0 Å². The number of hydrogen-bond acceptors (Lipinski definition) is 4. The van der Waals surface area contributed by atoms with Crippen molar-refractivity contribution in [3.05, 3.63) is 29.3 Å². The Kier molecular flexibility index (Phi) is 4.91. The maximum absolute atomic E-state index is 10.8. The summed E-state index contributed by atoms with van der Waals surface area (Å²) >= 11 is 0. The Bertz CT molecular complexity index is 563. The molecule has 0 aliphatic heterocycles. The summed E-state index contributed by atoms with van der Waals surface area (Å²) in [6.07, 6.45) is 0. The first-order valence-electron chi connectivity index (χ1n) is 3.81. The fourth-order valence-corrected chi connectivity index (χ4v) is 1.75. The van der Waals surface area contributed by atoms with Gasteiger partial charge in [0.1, 0.15) is 4.90 Å². The summed E-state index contributed by atoms with van der Waals surface area (Å²) in [5.41, 5.74) is -1.12. The van der Waals surface area contributed by atoms with Crippen LogP contribution in [0.15, 0.2) is 23.1 Å². The second kappa shape index (κ2) is 5.33. The number of rotatable bonds is 3. The smallest absolute Gasteiger partial charge is 0.337 e. The van der Waals surface area contributed by atoms with Crippen LogP contribution in [0.4, 0.5) is 0 Å². The minimum atomic E-state index is -4.78. The molecule has 0 heterocycles. The van der Waals surface area contributed by atoms with Crippen molar-refractivity contribution in [1.29, 1.82) is 0 Å². The summed E-state index contributed by atoms with van der Waals surface area (Å²) in [5, 5.41) is 17.2. The van der Waals surface area contributed by atoms with E-state index in [2.05, 4.69) is 0 Å². The molecule has 0 aliphatic rings. The third kappa shape index (κ3) is 3.57. The van der Waals surface area contributed by atoms with Crippen molar-refractivity contribution in [1.82, 2.24) is 0 Å². The Morgan fingerprint density at radius 3 is 1.94 bits per heavy atom. The largest absolute Gasteiger partial charge is 0.478 e. The van der Waals surface area contributed by atoms with Crippen LogP contribution in [0.1, 0.15) is 20.7 Å². The second-order valence-electron chi connectivity index (χ2n) is 2.80. The molecule has 3 N–H and O–H groups in total. The number of benzene rings is 1. The molecule has 0 aromatic heterocycles. The van der Waals surface area contributed by atoms with Gasteiger partial charge in [0.05, 0.1) is 11.1 Å². The Balaban J connectivity index is 0.00000256. The van der Waals surface area contributed by atoms with Gasteiger partial charge in [-0.3, -0.25) is 4.55 Å². The first kappa shape index (κ1) is 15.7. The average molecular weight is 253 g/mol. The summed E-state index contributed by atoms with van der Waals surface area (Å²) in [7, 11) is -4.78. The molecule has 0 bridgehead atoms. The Labute approximate surface area is 108 Å². The van der Waals surface area contributed by atoms with Crippen molar-refractivity contribution < 1.29 is 32.8 Å². The molecule has 9 heteroatoms. The average Bonchev–Trinajstić information content (AvgIpc) is 2.15. The van der Waals surface area contributed by atoms with Crippen molar-refractivity contribution in [2.45, 2.75) is 4.90 Å². The first-order chi connectivity index (χ1) is 7.23. The molecule has 1 aromatic rings. The van der Waals surface area contributed by atoms with Crippen molar-refractivity contribution in [2.75, 3.05) is 0 Å². The third-order valence-electron chi connectivity index (χ3n) is 1.74. The van der Waals surface area contributed by atoms with E-state index in [1.54, 1.807) is 0 Å². The topological polar surface area (TPSA) is 129 Å². The number of carboxylic acids is 2. The molecule has 1 aromatic carbocycles. The standard InChI is InChI=1S/C8H6O7S.Li/c9-7(10)4-1-2-5(8(11)12)6(3-4)16(13,14)15;/h1-3H,(H,9,10)(H,11,12)(H,13,14,15);. The van der Waals surface area contributed by atoms with Gasteiger partial charge in [-0.05, 0) is 18.2 Å². The molecule has 1 radical (unpaired) electrons. The zero-order valence-electron chi connectivity index (χ0n) is 8.61. The Hall–Kier alpha value is -1.33. The van der Waals surface area contributed by atoms with Gasteiger partial charge in [-0.2, -0.15) is 8.42 Å². The number of carboxylic acid groups (broad SMARTS) is 2. The molecule has 0 fully saturated rings. The Morgan fingerprint density at radius 1 is 1.06 bits per heavy atom. The van der Waals surface area contributed by atoms with Crippen LogP contribution in [0.2, 0.25) is 0 Å². The van der Waals surface area contributed by atoms with Crippen molar-refractivity contribution in [3.63, 3.8) is 0 Å². The minimum absolute atomic E-state index is 0. The minimum Gasteiger partial charge on any atom is -0.478 e. The molecule has 0 saturated carbocycles. The maximum atomic E-state index is 10.8. The van der Waals surface area contributed by atoms with Crippen molar-refractivity contribution in [2.24, 2.45) is 0 Å². The van der Waals surface area contributed by atoms with Crippen molar-refractivity contribution >= 4 is 40.9 Å². The monoisotopic (exact) mass is 253 g/mol. The number of carbonyl (C=O) groups is 2. The van der Waals surface area contributed by atoms with Gasteiger partial charge < -0.3 is 10.2 Å². The van der Waals surface area contributed by atoms with Crippen LogP contribution in [0.5, 0.6) is 0 Å². The quantitative estimate of drug-likeness (QED) is 0.508. The van der Waals surface area contributed by atoms with E-state index >= 15 is 0 Å². The van der Waals surface area contributed by atoms with Gasteiger partial charge in [0.15, 0.2) is 0 Å². The third-order valence-corrected chi connectivity index (χ3v) is 2.63. The second-order valence-corrected chi connectivity index (χ2v) is 4.19. The first-order valence-corrected chi connectivity index (χ1v) is 5.25. The van der Waals surface area contributed by atoms with Gasteiger partial charge in [0.2, 0.25) is 0 Å². The molecule has 87 valence electrons. The van der Waals surface area contributed by atoms with Crippen molar-refractivity contribution in [3.8, 4) is 0 Å². The molecule has 0 atom stereocenters. The molecule has 0 saturated heterocycles. The predicted octanol–water partition coefficient (Wildman–Crippen LogP) is -0.0511. The van der Waals surface area contributed by atoms with E-state index in [1.807, 2.05) is 0 Å². The van der Waals surface area contributed by atoms with Gasteiger partial charge in [-0.1, -0.05) is 0 Å². The van der Waals surface area contributed by atoms with Gasteiger partial charge in [0, 0.05) is 18.9 Å². The predicted molar refractivity (Wildman–Crippen MR) is 55.9 cm³/mol. The van der Waals surface area contributed by atoms with Crippen LogP contribution >= 0.6 is 0 Å². The SMILES string of the molecule is O=C(O)c1ccc(C(=O)O)c(S(=O)(=O)O)c1.[Li].